The van der Waals surface area contributed by atoms with Crippen LogP contribution in [0.1, 0.15) is 58.3 Å². The molecule has 1 saturated heterocycles. The summed E-state index contributed by atoms with van der Waals surface area (Å²) in [5.41, 5.74) is 1.03. The maximum absolute atomic E-state index is 13.3. The lowest BCUT2D eigenvalue weighted by Gasteiger charge is -2.32. The monoisotopic (exact) mass is 488 g/mol. The van der Waals surface area contributed by atoms with Crippen LogP contribution in [0.25, 0.3) is 10.9 Å². The van der Waals surface area contributed by atoms with Gasteiger partial charge in [0, 0.05) is 49.3 Å². The normalized spacial score (nSPS) is 20.7. The van der Waals surface area contributed by atoms with E-state index in [1.165, 1.54) is 36.4 Å². The number of benzene rings is 1. The summed E-state index contributed by atoms with van der Waals surface area (Å²) in [5, 5.41) is 3.99. The summed E-state index contributed by atoms with van der Waals surface area (Å²) < 4.78 is 30.3. The van der Waals surface area contributed by atoms with Gasteiger partial charge in [0.15, 0.2) is 0 Å². The number of carbonyl (C=O) groups excluding carboxylic acids is 1. The van der Waals surface area contributed by atoms with Gasteiger partial charge in [0.05, 0.1) is 10.8 Å². The summed E-state index contributed by atoms with van der Waals surface area (Å²) in [5.74, 6) is -0.305. The van der Waals surface area contributed by atoms with Crippen molar-refractivity contribution in [3.63, 3.8) is 0 Å². The van der Waals surface area contributed by atoms with E-state index in [2.05, 4.69) is 28.8 Å². The minimum Gasteiger partial charge on any atom is -0.356 e. The Kier molecular flexibility index (Phi) is 8.32. The number of amides is 1. The van der Waals surface area contributed by atoms with Crippen molar-refractivity contribution in [3.05, 3.63) is 30.5 Å². The minimum atomic E-state index is -3.63. The largest absolute Gasteiger partial charge is 0.356 e. The van der Waals surface area contributed by atoms with E-state index in [1.54, 1.807) is 12.1 Å². The first-order valence-electron chi connectivity index (χ1n) is 13.0. The number of hydrogen-bond acceptors (Lipinski definition) is 4. The van der Waals surface area contributed by atoms with Crippen LogP contribution in [0.3, 0.4) is 0 Å². The van der Waals surface area contributed by atoms with Gasteiger partial charge in [0.1, 0.15) is 0 Å². The van der Waals surface area contributed by atoms with Gasteiger partial charge in [-0.1, -0.05) is 19.3 Å². The minimum absolute atomic E-state index is 0.0179. The molecular formula is C26H40N4O3S. The first-order valence-corrected chi connectivity index (χ1v) is 14.4. The molecule has 1 amide bonds. The van der Waals surface area contributed by atoms with E-state index in [0.717, 1.165) is 36.8 Å². The van der Waals surface area contributed by atoms with Crippen molar-refractivity contribution < 1.29 is 13.2 Å². The van der Waals surface area contributed by atoms with E-state index in [1.807, 2.05) is 18.3 Å². The highest BCUT2D eigenvalue weighted by molar-refractivity contribution is 7.89. The van der Waals surface area contributed by atoms with Crippen LogP contribution >= 0.6 is 0 Å². The summed E-state index contributed by atoms with van der Waals surface area (Å²) in [6.07, 6.45) is 10.9. The standard InChI is InChI=1S/C26H40N4O3S/c1-3-29-18-14-21-19-24(12-13-25(21)29)34(32,33)30-17-7-9-22(20-30)26(31)27-15-8-16-28(2)23-10-5-4-6-11-23/h12-14,18-19,22-23H,3-11,15-17,20H2,1-2H3,(H,27,31)/t22-/m1/s1. The quantitative estimate of drug-likeness (QED) is 0.545. The number of rotatable bonds is 9. The number of nitrogens with zero attached hydrogens (tertiary/aromatic N) is 3. The molecular weight excluding hydrogens is 448 g/mol. The second-order valence-corrected chi connectivity index (χ2v) is 11.9. The Hall–Kier alpha value is -1.90. The average Bonchev–Trinajstić information content (AvgIpc) is 3.29. The molecule has 0 spiro atoms. The van der Waals surface area contributed by atoms with E-state index in [9.17, 15) is 13.2 Å². The summed E-state index contributed by atoms with van der Waals surface area (Å²) in [6.45, 7) is 5.26. The Morgan fingerprint density at radius 2 is 1.91 bits per heavy atom. The summed E-state index contributed by atoms with van der Waals surface area (Å²) in [6, 6.07) is 7.96. The van der Waals surface area contributed by atoms with Gasteiger partial charge in [-0.25, -0.2) is 8.42 Å². The molecule has 1 N–H and O–H groups in total. The number of piperidine rings is 1. The molecule has 1 aromatic carbocycles. The Bertz CT molecular complexity index is 1070. The molecule has 2 heterocycles. The molecule has 2 fully saturated rings. The third-order valence-electron chi connectivity index (χ3n) is 7.66. The summed E-state index contributed by atoms with van der Waals surface area (Å²) in [7, 11) is -1.44. The zero-order chi connectivity index (χ0) is 24.1. The van der Waals surface area contributed by atoms with Crippen LogP contribution in [0.15, 0.2) is 35.4 Å². The molecule has 0 unspecified atom stereocenters. The molecule has 4 rings (SSSR count). The van der Waals surface area contributed by atoms with Crippen LogP contribution in [-0.4, -0.2) is 67.4 Å². The van der Waals surface area contributed by atoms with Crippen LogP contribution < -0.4 is 5.32 Å². The Balaban J connectivity index is 1.30. The van der Waals surface area contributed by atoms with Crippen LogP contribution in [0.4, 0.5) is 0 Å². The first kappa shape index (κ1) is 25.2. The second-order valence-electron chi connectivity index (χ2n) is 9.94. The lowest BCUT2D eigenvalue weighted by Crippen LogP contribution is -2.45. The van der Waals surface area contributed by atoms with Crippen molar-refractivity contribution in [2.45, 2.75) is 75.8 Å². The van der Waals surface area contributed by atoms with Gasteiger partial charge in [-0.3, -0.25) is 4.79 Å². The van der Waals surface area contributed by atoms with E-state index < -0.39 is 10.0 Å². The van der Waals surface area contributed by atoms with E-state index >= 15 is 0 Å². The zero-order valence-electron chi connectivity index (χ0n) is 20.7. The molecule has 1 aromatic heterocycles. The number of nitrogens with one attached hydrogen (secondary N) is 1. The SMILES string of the molecule is CCn1ccc2cc(S(=O)(=O)N3CCC[C@@H](C(=O)NCCCN(C)C4CCCCC4)C3)ccc21. The topological polar surface area (TPSA) is 74.6 Å². The van der Waals surface area contributed by atoms with E-state index in [-0.39, 0.29) is 18.4 Å². The van der Waals surface area contributed by atoms with Gasteiger partial charge < -0.3 is 14.8 Å². The number of carbonyl (C=O) groups is 1. The number of hydrogen-bond donors (Lipinski definition) is 1. The van der Waals surface area contributed by atoms with Crippen molar-refractivity contribution in [1.82, 2.24) is 19.1 Å². The molecule has 1 atom stereocenters. The maximum Gasteiger partial charge on any atom is 0.243 e. The summed E-state index contributed by atoms with van der Waals surface area (Å²) >= 11 is 0. The third-order valence-corrected chi connectivity index (χ3v) is 9.52. The fourth-order valence-corrected chi connectivity index (χ4v) is 7.09. The van der Waals surface area contributed by atoms with E-state index in [4.69, 9.17) is 0 Å². The Morgan fingerprint density at radius 1 is 1.12 bits per heavy atom. The highest BCUT2D eigenvalue weighted by atomic mass is 32.2. The van der Waals surface area contributed by atoms with Crippen LogP contribution in [0.2, 0.25) is 0 Å². The molecule has 8 heteroatoms. The maximum atomic E-state index is 13.3. The first-order chi connectivity index (χ1) is 16.4. The van der Waals surface area contributed by atoms with Gasteiger partial charge in [0.2, 0.25) is 15.9 Å². The van der Waals surface area contributed by atoms with Crippen molar-refractivity contribution in [3.8, 4) is 0 Å². The Labute approximate surface area is 204 Å². The lowest BCUT2D eigenvalue weighted by atomic mass is 9.94. The fourth-order valence-electron chi connectivity index (χ4n) is 5.53. The Morgan fingerprint density at radius 3 is 2.68 bits per heavy atom. The molecule has 2 aromatic rings. The molecule has 1 saturated carbocycles. The van der Waals surface area contributed by atoms with Gasteiger partial charge in [-0.05, 0) is 76.9 Å². The molecule has 1 aliphatic heterocycles. The van der Waals surface area contributed by atoms with Gasteiger partial charge in [-0.2, -0.15) is 4.31 Å². The molecule has 2 aliphatic rings. The number of aromatic nitrogens is 1. The predicted octanol–water partition coefficient (Wildman–Crippen LogP) is 3.83. The smallest absolute Gasteiger partial charge is 0.243 e. The molecule has 7 nitrogen and oxygen atoms in total. The highest BCUT2D eigenvalue weighted by Gasteiger charge is 2.33. The van der Waals surface area contributed by atoms with Crippen molar-refractivity contribution in [2.75, 3.05) is 33.2 Å². The van der Waals surface area contributed by atoms with Crippen LogP contribution in [0.5, 0.6) is 0 Å². The summed E-state index contributed by atoms with van der Waals surface area (Å²) in [4.78, 5) is 15.6. The van der Waals surface area contributed by atoms with Crippen molar-refractivity contribution in [1.29, 1.82) is 0 Å². The molecule has 34 heavy (non-hydrogen) atoms. The van der Waals surface area contributed by atoms with Crippen molar-refractivity contribution in [2.24, 2.45) is 5.92 Å². The fraction of sp³-hybridized carbons (Fsp3) is 0.654. The number of fused-ring (bicyclic) bond motifs is 1. The number of sulfonamides is 1. The van der Waals surface area contributed by atoms with Gasteiger partial charge in [0.25, 0.3) is 0 Å². The van der Waals surface area contributed by atoms with Crippen molar-refractivity contribution >= 4 is 26.8 Å². The molecule has 1 aliphatic carbocycles. The average molecular weight is 489 g/mol. The second kappa shape index (κ2) is 11.2. The predicted molar refractivity (Wildman–Crippen MR) is 136 cm³/mol. The van der Waals surface area contributed by atoms with E-state index in [0.29, 0.717) is 30.4 Å². The zero-order valence-corrected chi connectivity index (χ0v) is 21.5. The van der Waals surface area contributed by atoms with Gasteiger partial charge in [-0.15, -0.1) is 0 Å². The molecule has 0 bridgehead atoms. The van der Waals surface area contributed by atoms with Gasteiger partial charge >= 0.3 is 0 Å². The third kappa shape index (κ3) is 5.66. The highest BCUT2D eigenvalue weighted by Crippen LogP contribution is 2.27. The molecule has 188 valence electrons. The van der Waals surface area contributed by atoms with Crippen LogP contribution in [0, 0.1) is 5.92 Å². The molecule has 0 radical (unpaired) electrons. The lowest BCUT2D eigenvalue weighted by molar-refractivity contribution is -0.126. The van der Waals surface area contributed by atoms with Crippen LogP contribution in [-0.2, 0) is 21.4 Å². The number of aryl methyl sites for hydroxylation is 1.